The number of rotatable bonds is 5. The molecule has 6 nitrogen and oxygen atoms in total. The first-order chi connectivity index (χ1) is 17.0. The molecule has 0 fully saturated rings. The Kier molecular flexibility index (Phi) is 5.19. The van der Waals surface area contributed by atoms with Crippen molar-refractivity contribution in [1.82, 2.24) is 24.1 Å². The number of aryl methyl sites for hydroxylation is 4. The number of hydrogen-bond donors (Lipinski definition) is 1. The lowest BCUT2D eigenvalue weighted by molar-refractivity contribution is 0.676. The first kappa shape index (κ1) is 21.6. The van der Waals surface area contributed by atoms with Gasteiger partial charge in [-0.25, -0.2) is 9.50 Å². The largest absolute Gasteiger partial charge is 0.361 e. The predicted octanol–water partition coefficient (Wildman–Crippen LogP) is 5.96. The Balaban J connectivity index is 1.41. The lowest BCUT2D eigenvalue weighted by Crippen LogP contribution is -2.21. The van der Waals surface area contributed by atoms with Crippen molar-refractivity contribution in [1.29, 1.82) is 0 Å². The number of fused-ring (bicyclic) bond motifs is 4. The van der Waals surface area contributed by atoms with Gasteiger partial charge in [0.2, 0.25) is 0 Å². The highest BCUT2D eigenvalue weighted by molar-refractivity contribution is 6.30. The second kappa shape index (κ2) is 8.40. The van der Waals surface area contributed by atoms with Crippen molar-refractivity contribution in [3.8, 4) is 11.1 Å². The summed E-state index contributed by atoms with van der Waals surface area (Å²) in [6.07, 6.45) is 7.09. The molecule has 0 bridgehead atoms. The Morgan fingerprint density at radius 1 is 1.06 bits per heavy atom. The molecule has 0 saturated heterocycles. The van der Waals surface area contributed by atoms with Crippen LogP contribution in [0.15, 0.2) is 71.9 Å². The van der Waals surface area contributed by atoms with Gasteiger partial charge in [-0.3, -0.25) is 4.79 Å². The molecular formula is C28H24ClN5O. The third-order valence-electron chi connectivity index (χ3n) is 6.67. The van der Waals surface area contributed by atoms with Gasteiger partial charge in [0.05, 0.1) is 16.6 Å². The van der Waals surface area contributed by atoms with Crippen LogP contribution < -0.4 is 5.56 Å². The van der Waals surface area contributed by atoms with E-state index in [9.17, 15) is 4.79 Å². The van der Waals surface area contributed by atoms with E-state index in [0.29, 0.717) is 17.0 Å². The van der Waals surface area contributed by atoms with Crippen LogP contribution in [0.3, 0.4) is 0 Å². The Hall–Kier alpha value is -3.90. The summed E-state index contributed by atoms with van der Waals surface area (Å²) in [7, 11) is 0. The van der Waals surface area contributed by atoms with Crippen molar-refractivity contribution >= 4 is 39.1 Å². The minimum Gasteiger partial charge on any atom is -0.361 e. The predicted molar refractivity (Wildman–Crippen MR) is 141 cm³/mol. The summed E-state index contributed by atoms with van der Waals surface area (Å²) in [5.74, 6) is 0. The van der Waals surface area contributed by atoms with Gasteiger partial charge in [0, 0.05) is 46.6 Å². The molecule has 0 spiro atoms. The van der Waals surface area contributed by atoms with Gasteiger partial charge in [0.15, 0.2) is 5.65 Å². The lowest BCUT2D eigenvalue weighted by Gasteiger charge is -2.08. The van der Waals surface area contributed by atoms with Crippen LogP contribution in [0.25, 0.3) is 38.6 Å². The molecule has 4 heterocycles. The molecule has 2 aromatic carbocycles. The van der Waals surface area contributed by atoms with Crippen molar-refractivity contribution in [3.63, 3.8) is 0 Å². The van der Waals surface area contributed by atoms with Gasteiger partial charge in [-0.2, -0.15) is 5.10 Å². The van der Waals surface area contributed by atoms with Crippen LogP contribution in [0, 0.1) is 6.92 Å². The van der Waals surface area contributed by atoms with Crippen molar-refractivity contribution in [2.24, 2.45) is 0 Å². The summed E-state index contributed by atoms with van der Waals surface area (Å²) in [5.41, 5.74) is 7.90. The number of H-pyrrole nitrogens is 1. The molecule has 6 aromatic rings. The summed E-state index contributed by atoms with van der Waals surface area (Å²) >= 11 is 6.09. The fourth-order valence-electron chi connectivity index (χ4n) is 4.83. The molecular weight excluding hydrogens is 458 g/mol. The topological polar surface area (TPSA) is 68.0 Å². The molecule has 35 heavy (non-hydrogen) atoms. The Labute approximate surface area is 206 Å². The van der Waals surface area contributed by atoms with E-state index in [0.717, 1.165) is 46.3 Å². The molecule has 0 atom stereocenters. The average Bonchev–Trinajstić information content (AvgIpc) is 3.45. The number of aromatic amines is 1. The van der Waals surface area contributed by atoms with E-state index in [1.807, 2.05) is 42.7 Å². The highest BCUT2D eigenvalue weighted by Crippen LogP contribution is 2.30. The second-order valence-corrected chi connectivity index (χ2v) is 9.34. The number of nitrogens with zero attached hydrogens (tertiary/aromatic N) is 4. The molecule has 1 N–H and O–H groups in total. The van der Waals surface area contributed by atoms with Crippen molar-refractivity contribution < 1.29 is 0 Å². The van der Waals surface area contributed by atoms with Crippen LogP contribution in [0.1, 0.15) is 23.7 Å². The zero-order valence-corrected chi connectivity index (χ0v) is 20.3. The van der Waals surface area contributed by atoms with Gasteiger partial charge in [0.1, 0.15) is 0 Å². The van der Waals surface area contributed by atoms with Gasteiger partial charge in [-0.1, -0.05) is 42.3 Å². The minimum absolute atomic E-state index is 0.0606. The first-order valence-electron chi connectivity index (χ1n) is 11.8. The normalized spacial score (nSPS) is 11.7. The summed E-state index contributed by atoms with van der Waals surface area (Å²) in [6.45, 7) is 4.75. The van der Waals surface area contributed by atoms with Crippen LogP contribution in [0.5, 0.6) is 0 Å². The number of aromatic nitrogens is 5. The third-order valence-corrected chi connectivity index (χ3v) is 6.92. The zero-order chi connectivity index (χ0) is 24.1. The summed E-state index contributed by atoms with van der Waals surface area (Å²) in [4.78, 5) is 21.4. The first-order valence-corrected chi connectivity index (χ1v) is 12.1. The number of pyridine rings is 1. The number of benzene rings is 2. The maximum absolute atomic E-state index is 13.4. The molecule has 0 aliphatic rings. The Morgan fingerprint density at radius 2 is 1.89 bits per heavy atom. The molecule has 0 aliphatic carbocycles. The van der Waals surface area contributed by atoms with E-state index in [4.69, 9.17) is 16.7 Å². The molecule has 0 unspecified atom stereocenters. The van der Waals surface area contributed by atoms with E-state index < -0.39 is 0 Å². The van der Waals surface area contributed by atoms with Gasteiger partial charge in [-0.15, -0.1) is 0 Å². The van der Waals surface area contributed by atoms with E-state index in [2.05, 4.69) is 42.0 Å². The van der Waals surface area contributed by atoms with E-state index in [1.54, 1.807) is 15.3 Å². The molecule has 0 aliphatic heterocycles. The number of halogens is 1. The number of nitrogens with one attached hydrogen (secondary N) is 1. The van der Waals surface area contributed by atoms with Crippen molar-refractivity contribution in [3.05, 3.63) is 99.3 Å². The van der Waals surface area contributed by atoms with Gasteiger partial charge in [-0.05, 0) is 61.2 Å². The van der Waals surface area contributed by atoms with Crippen molar-refractivity contribution in [2.75, 3.05) is 0 Å². The van der Waals surface area contributed by atoms with Crippen molar-refractivity contribution in [2.45, 2.75) is 33.2 Å². The van der Waals surface area contributed by atoms with E-state index in [-0.39, 0.29) is 5.56 Å². The lowest BCUT2D eigenvalue weighted by atomic mass is 10.0. The molecule has 0 amide bonds. The fourth-order valence-corrected chi connectivity index (χ4v) is 4.96. The average molecular weight is 482 g/mol. The maximum atomic E-state index is 13.4. The van der Waals surface area contributed by atoms with E-state index >= 15 is 0 Å². The standard InChI is InChI=1S/C28H24ClN5O/c1-3-23-26(18-5-7-20(29)8-6-18)27-31-16-22-25(34(27)32-23)11-13-33(28(22)35)12-10-19-15-30-24-9-4-17(2)14-21(19)24/h4-9,11,13-16,30H,3,10,12H2,1-2H3. The zero-order valence-electron chi connectivity index (χ0n) is 19.5. The summed E-state index contributed by atoms with van der Waals surface area (Å²) in [5, 5.41) is 7.28. The molecule has 0 radical (unpaired) electrons. The Morgan fingerprint density at radius 3 is 2.69 bits per heavy atom. The molecule has 0 saturated carbocycles. The molecule has 4 aromatic heterocycles. The SMILES string of the molecule is CCc1nn2c(ncc3c(=O)n(CCc4c[nH]c5ccc(C)cc45)ccc32)c1-c1ccc(Cl)cc1. The monoisotopic (exact) mass is 481 g/mol. The summed E-state index contributed by atoms with van der Waals surface area (Å²) < 4.78 is 3.56. The smallest absolute Gasteiger partial charge is 0.261 e. The van der Waals surface area contributed by atoms with Gasteiger partial charge >= 0.3 is 0 Å². The van der Waals surface area contributed by atoms with E-state index in [1.165, 1.54) is 16.5 Å². The minimum atomic E-state index is -0.0606. The van der Waals surface area contributed by atoms with Gasteiger partial charge in [0.25, 0.3) is 5.56 Å². The highest BCUT2D eigenvalue weighted by Gasteiger charge is 2.18. The van der Waals surface area contributed by atoms with Crippen LogP contribution in [0.2, 0.25) is 5.02 Å². The Bertz CT molecular complexity index is 1780. The quantitative estimate of drug-likeness (QED) is 0.330. The van der Waals surface area contributed by atoms with Crippen LogP contribution in [-0.4, -0.2) is 24.1 Å². The highest BCUT2D eigenvalue weighted by atomic mass is 35.5. The maximum Gasteiger partial charge on any atom is 0.261 e. The third kappa shape index (κ3) is 3.61. The molecule has 6 rings (SSSR count). The second-order valence-electron chi connectivity index (χ2n) is 8.90. The van der Waals surface area contributed by atoms with Crippen LogP contribution >= 0.6 is 11.6 Å². The van der Waals surface area contributed by atoms with Crippen LogP contribution in [-0.2, 0) is 19.4 Å². The number of hydrogen-bond acceptors (Lipinski definition) is 3. The molecule has 7 heteroatoms. The fraction of sp³-hybridized carbons (Fsp3) is 0.179. The summed E-state index contributed by atoms with van der Waals surface area (Å²) in [6, 6.07) is 16.0. The van der Waals surface area contributed by atoms with Crippen LogP contribution in [0.4, 0.5) is 0 Å². The van der Waals surface area contributed by atoms with Gasteiger partial charge < -0.3 is 9.55 Å². The molecule has 174 valence electrons.